The van der Waals surface area contributed by atoms with E-state index in [1.807, 2.05) is 0 Å². The predicted molar refractivity (Wildman–Crippen MR) is 62.5 cm³/mol. The van der Waals surface area contributed by atoms with Crippen molar-refractivity contribution >= 4 is 11.4 Å². The fourth-order valence-corrected chi connectivity index (χ4v) is 1.26. The minimum atomic E-state index is -0.474. The van der Waals surface area contributed by atoms with Gasteiger partial charge >= 0.3 is 0 Å². The first kappa shape index (κ1) is 13.2. The lowest BCUT2D eigenvalue weighted by atomic mass is 10.2. The normalized spacial score (nSPS) is 11.9. The zero-order valence-corrected chi connectivity index (χ0v) is 9.64. The molecule has 0 heterocycles. The molecule has 0 spiro atoms. The van der Waals surface area contributed by atoms with Crippen LogP contribution in [0.25, 0.3) is 0 Å². The largest absolute Gasteiger partial charge is 0.495 e. The summed E-state index contributed by atoms with van der Waals surface area (Å²) in [5, 5.41) is 22.2. The van der Waals surface area contributed by atoms with Gasteiger partial charge < -0.3 is 15.3 Å². The van der Waals surface area contributed by atoms with Crippen molar-refractivity contribution in [3.05, 3.63) is 28.3 Å². The van der Waals surface area contributed by atoms with Crippen molar-refractivity contribution in [2.24, 2.45) is 0 Å². The summed E-state index contributed by atoms with van der Waals surface area (Å²) < 4.78 is 5.08. The van der Waals surface area contributed by atoms with Crippen LogP contribution in [0.4, 0.5) is 11.4 Å². The topological polar surface area (TPSA) is 96.7 Å². The molecule has 0 radical (unpaired) electrons. The maximum Gasteiger partial charge on any atom is 0.271 e. The number of nitrogens with one attached hydrogen (secondary N) is 2. The maximum atomic E-state index is 10.6. The lowest BCUT2D eigenvalue weighted by molar-refractivity contribution is -0.384. The van der Waals surface area contributed by atoms with E-state index in [4.69, 9.17) is 9.94 Å². The monoisotopic (exact) mass is 241 g/mol. The third-order valence-electron chi connectivity index (χ3n) is 2.21. The van der Waals surface area contributed by atoms with Crippen LogP contribution in [0.5, 0.6) is 5.75 Å². The van der Waals surface area contributed by atoms with Crippen LogP contribution in [0.3, 0.4) is 0 Å². The van der Waals surface area contributed by atoms with Gasteiger partial charge in [-0.15, -0.1) is 0 Å². The number of nitro groups is 1. The van der Waals surface area contributed by atoms with E-state index in [1.165, 1.54) is 25.3 Å². The summed E-state index contributed by atoms with van der Waals surface area (Å²) in [4.78, 5) is 10.2. The number of ether oxygens (including phenoxy) is 1. The molecule has 0 aliphatic heterocycles. The maximum absolute atomic E-state index is 10.6. The van der Waals surface area contributed by atoms with Crippen molar-refractivity contribution in [1.82, 2.24) is 5.48 Å². The Morgan fingerprint density at radius 2 is 2.29 bits per heavy atom. The molecule has 0 saturated carbocycles. The van der Waals surface area contributed by atoms with E-state index in [9.17, 15) is 10.1 Å². The highest BCUT2D eigenvalue weighted by molar-refractivity contribution is 5.61. The Morgan fingerprint density at radius 3 is 2.82 bits per heavy atom. The number of hydrogen-bond acceptors (Lipinski definition) is 6. The number of non-ortho nitro benzene ring substituents is 1. The number of nitro benzene ring substituents is 1. The van der Waals surface area contributed by atoms with Crippen molar-refractivity contribution in [3.63, 3.8) is 0 Å². The van der Waals surface area contributed by atoms with Gasteiger partial charge in [-0.2, -0.15) is 0 Å². The van der Waals surface area contributed by atoms with Crippen molar-refractivity contribution in [2.75, 3.05) is 19.0 Å². The molecule has 0 aromatic heterocycles. The van der Waals surface area contributed by atoms with Gasteiger partial charge in [0.25, 0.3) is 5.69 Å². The van der Waals surface area contributed by atoms with E-state index in [2.05, 4.69) is 10.8 Å². The Hall–Kier alpha value is -1.86. The van der Waals surface area contributed by atoms with Crippen LogP contribution in [0.2, 0.25) is 0 Å². The van der Waals surface area contributed by atoms with Gasteiger partial charge in [0, 0.05) is 24.7 Å². The van der Waals surface area contributed by atoms with Crippen LogP contribution >= 0.6 is 0 Å². The van der Waals surface area contributed by atoms with E-state index < -0.39 is 4.92 Å². The molecule has 1 unspecified atom stereocenters. The van der Waals surface area contributed by atoms with Crippen molar-refractivity contribution < 1.29 is 14.9 Å². The van der Waals surface area contributed by atoms with Gasteiger partial charge in [-0.05, 0) is 13.0 Å². The molecule has 1 aromatic carbocycles. The molecule has 0 saturated heterocycles. The SMILES string of the molecule is COc1ccc([N+](=O)[O-])cc1NCC(C)NO. The van der Waals surface area contributed by atoms with Gasteiger partial charge in [0.05, 0.1) is 17.7 Å². The molecule has 0 aliphatic carbocycles. The minimum Gasteiger partial charge on any atom is -0.495 e. The second kappa shape index (κ2) is 6.02. The third kappa shape index (κ3) is 3.58. The standard InChI is InChI=1S/C10H15N3O4/c1-7(12-14)6-11-9-5-8(13(15)16)3-4-10(9)17-2/h3-5,7,11-12,14H,6H2,1-2H3. The second-order valence-electron chi connectivity index (χ2n) is 3.55. The van der Waals surface area contributed by atoms with Gasteiger partial charge in [-0.3, -0.25) is 10.1 Å². The summed E-state index contributed by atoms with van der Waals surface area (Å²) in [6.07, 6.45) is 0. The lowest BCUT2D eigenvalue weighted by Gasteiger charge is -2.14. The smallest absolute Gasteiger partial charge is 0.271 e. The van der Waals surface area contributed by atoms with E-state index in [0.29, 0.717) is 18.0 Å². The number of anilines is 1. The molecule has 0 amide bonds. The second-order valence-corrected chi connectivity index (χ2v) is 3.55. The molecule has 3 N–H and O–H groups in total. The van der Waals surface area contributed by atoms with Gasteiger partial charge in [0.1, 0.15) is 5.75 Å². The number of rotatable bonds is 6. The van der Waals surface area contributed by atoms with Gasteiger partial charge in [0.2, 0.25) is 0 Å². The number of hydrogen-bond donors (Lipinski definition) is 3. The Balaban J connectivity index is 2.86. The van der Waals surface area contributed by atoms with Crippen LogP contribution in [0, 0.1) is 10.1 Å². The Bertz CT molecular complexity index is 397. The summed E-state index contributed by atoms with van der Waals surface area (Å²) in [7, 11) is 1.49. The van der Waals surface area contributed by atoms with Crippen LogP contribution in [0.1, 0.15) is 6.92 Å². The molecule has 1 rings (SSSR count). The highest BCUT2D eigenvalue weighted by Gasteiger charge is 2.11. The fourth-order valence-electron chi connectivity index (χ4n) is 1.26. The van der Waals surface area contributed by atoms with Crippen LogP contribution in [-0.4, -0.2) is 29.8 Å². The number of nitrogens with zero attached hydrogens (tertiary/aromatic N) is 1. The van der Waals surface area contributed by atoms with E-state index >= 15 is 0 Å². The van der Waals surface area contributed by atoms with E-state index in [1.54, 1.807) is 6.92 Å². The molecule has 0 bridgehead atoms. The predicted octanol–water partition coefficient (Wildman–Crippen LogP) is 1.38. The van der Waals surface area contributed by atoms with Crippen LogP contribution in [-0.2, 0) is 0 Å². The number of hydroxylamine groups is 1. The van der Waals surface area contributed by atoms with E-state index in [-0.39, 0.29) is 11.7 Å². The van der Waals surface area contributed by atoms with Crippen LogP contribution in [0.15, 0.2) is 18.2 Å². The number of methoxy groups -OCH3 is 1. The first-order chi connectivity index (χ1) is 8.08. The average Bonchev–Trinajstić information content (AvgIpc) is 2.35. The molecular formula is C10H15N3O4. The Morgan fingerprint density at radius 1 is 1.59 bits per heavy atom. The highest BCUT2D eigenvalue weighted by atomic mass is 16.6. The quantitative estimate of drug-likeness (QED) is 0.514. The molecular weight excluding hydrogens is 226 g/mol. The molecule has 1 aromatic rings. The lowest BCUT2D eigenvalue weighted by Crippen LogP contribution is -2.29. The fraction of sp³-hybridized carbons (Fsp3) is 0.400. The molecule has 1 atom stereocenters. The summed E-state index contributed by atoms with van der Waals surface area (Å²) in [5.41, 5.74) is 2.57. The van der Waals surface area contributed by atoms with Crippen LogP contribution < -0.4 is 15.5 Å². The summed E-state index contributed by atoms with van der Waals surface area (Å²) in [6, 6.07) is 4.11. The van der Waals surface area contributed by atoms with Crippen molar-refractivity contribution in [3.8, 4) is 5.75 Å². The zero-order valence-electron chi connectivity index (χ0n) is 9.64. The first-order valence-electron chi connectivity index (χ1n) is 5.04. The summed E-state index contributed by atoms with van der Waals surface area (Å²) in [6.45, 7) is 2.17. The molecule has 94 valence electrons. The van der Waals surface area contributed by atoms with Gasteiger partial charge in [-0.25, -0.2) is 5.48 Å². The number of benzene rings is 1. The molecule has 0 aliphatic rings. The summed E-state index contributed by atoms with van der Waals surface area (Å²) >= 11 is 0. The zero-order chi connectivity index (χ0) is 12.8. The Kier molecular flexibility index (Phi) is 4.68. The van der Waals surface area contributed by atoms with E-state index in [0.717, 1.165) is 0 Å². The summed E-state index contributed by atoms with van der Waals surface area (Å²) in [5.74, 6) is 0.515. The first-order valence-corrected chi connectivity index (χ1v) is 5.04. The molecule has 0 fully saturated rings. The van der Waals surface area contributed by atoms with Gasteiger partial charge in [0.15, 0.2) is 0 Å². The third-order valence-corrected chi connectivity index (χ3v) is 2.21. The average molecular weight is 241 g/mol. The molecule has 7 nitrogen and oxygen atoms in total. The van der Waals surface area contributed by atoms with Gasteiger partial charge in [-0.1, -0.05) is 0 Å². The molecule has 17 heavy (non-hydrogen) atoms. The Labute approximate surface area is 98.5 Å². The van der Waals surface area contributed by atoms with Crippen molar-refractivity contribution in [1.29, 1.82) is 0 Å². The molecule has 7 heteroatoms. The minimum absolute atomic E-state index is 0.0158. The highest BCUT2D eigenvalue weighted by Crippen LogP contribution is 2.28. The van der Waals surface area contributed by atoms with Crippen molar-refractivity contribution in [2.45, 2.75) is 13.0 Å².